The second-order valence-corrected chi connectivity index (χ2v) is 6.67. The lowest BCUT2D eigenvalue weighted by atomic mass is 10.2. The highest BCUT2D eigenvalue weighted by molar-refractivity contribution is 7.99. The summed E-state index contributed by atoms with van der Waals surface area (Å²) < 4.78 is 6.85. The van der Waals surface area contributed by atoms with Crippen molar-refractivity contribution in [3.8, 4) is 11.4 Å². The number of carbonyl (C=O) groups excluding carboxylic acids is 2. The molecule has 0 spiro atoms. The van der Waals surface area contributed by atoms with Gasteiger partial charge in [0.05, 0.1) is 5.75 Å². The van der Waals surface area contributed by atoms with Crippen LogP contribution in [0.2, 0.25) is 5.02 Å². The van der Waals surface area contributed by atoms with Crippen molar-refractivity contribution in [1.29, 1.82) is 0 Å². The third-order valence-corrected chi connectivity index (χ3v) is 4.50. The third kappa shape index (κ3) is 5.20. The Balaban J connectivity index is 2.00. The molecular formula is C16H19ClN4O3S. The number of benzene rings is 1. The smallest absolute Gasteiger partial charge is 0.316 e. The second kappa shape index (κ2) is 8.87. The van der Waals surface area contributed by atoms with Crippen LogP contribution >= 0.6 is 23.4 Å². The van der Waals surface area contributed by atoms with Crippen LogP contribution in [0.1, 0.15) is 6.92 Å². The number of hydrogen-bond donors (Lipinski definition) is 0. The van der Waals surface area contributed by atoms with Gasteiger partial charge in [0.1, 0.15) is 0 Å². The molecule has 2 aromatic rings. The highest BCUT2D eigenvalue weighted by atomic mass is 35.5. The van der Waals surface area contributed by atoms with Gasteiger partial charge >= 0.3 is 5.97 Å². The average Bonchev–Trinajstić information content (AvgIpc) is 3.01. The van der Waals surface area contributed by atoms with Crippen molar-refractivity contribution in [2.24, 2.45) is 0 Å². The summed E-state index contributed by atoms with van der Waals surface area (Å²) in [6.45, 7) is 2.37. The maximum absolute atomic E-state index is 11.8. The number of halogens is 1. The molecule has 0 saturated carbocycles. The molecule has 9 heteroatoms. The Morgan fingerprint density at radius 1 is 1.24 bits per heavy atom. The van der Waals surface area contributed by atoms with Gasteiger partial charge in [0, 0.05) is 31.2 Å². The fourth-order valence-corrected chi connectivity index (χ4v) is 2.86. The van der Waals surface area contributed by atoms with Gasteiger partial charge in [-0.15, -0.1) is 10.2 Å². The molecule has 1 aromatic heterocycles. The van der Waals surface area contributed by atoms with Crippen LogP contribution in [-0.4, -0.2) is 58.0 Å². The molecule has 1 amide bonds. The number of hydrogen-bond acceptors (Lipinski definition) is 6. The van der Waals surface area contributed by atoms with E-state index in [0.29, 0.717) is 22.5 Å². The van der Waals surface area contributed by atoms with E-state index >= 15 is 0 Å². The number of nitrogens with zero attached hydrogens (tertiary/aromatic N) is 4. The SMILES string of the molecule is CCn1c(SCC(=O)OCC(=O)N(C)C)nnc1-c1ccc(Cl)cc1. The normalized spacial score (nSPS) is 10.6. The lowest BCUT2D eigenvalue weighted by Crippen LogP contribution is -2.28. The average molecular weight is 383 g/mol. The van der Waals surface area contributed by atoms with E-state index in [0.717, 1.165) is 5.56 Å². The maximum atomic E-state index is 11.8. The lowest BCUT2D eigenvalue weighted by Gasteiger charge is -2.10. The number of carbonyl (C=O) groups is 2. The van der Waals surface area contributed by atoms with Gasteiger partial charge in [-0.05, 0) is 31.2 Å². The summed E-state index contributed by atoms with van der Waals surface area (Å²) >= 11 is 7.13. The fraction of sp³-hybridized carbons (Fsp3) is 0.375. The summed E-state index contributed by atoms with van der Waals surface area (Å²) in [4.78, 5) is 24.6. The summed E-state index contributed by atoms with van der Waals surface area (Å²) in [5, 5.41) is 9.60. The number of amides is 1. The van der Waals surface area contributed by atoms with E-state index in [2.05, 4.69) is 10.2 Å². The van der Waals surface area contributed by atoms with Crippen LogP contribution in [0.25, 0.3) is 11.4 Å². The molecule has 0 atom stereocenters. The van der Waals surface area contributed by atoms with Crippen LogP contribution in [0.3, 0.4) is 0 Å². The van der Waals surface area contributed by atoms with Crippen molar-refractivity contribution < 1.29 is 14.3 Å². The molecule has 0 bridgehead atoms. The number of rotatable bonds is 7. The molecule has 25 heavy (non-hydrogen) atoms. The number of ether oxygens (including phenoxy) is 1. The van der Waals surface area contributed by atoms with Gasteiger partial charge in [0.15, 0.2) is 17.6 Å². The highest BCUT2D eigenvalue weighted by Gasteiger charge is 2.16. The second-order valence-electron chi connectivity index (χ2n) is 5.29. The van der Waals surface area contributed by atoms with Crippen molar-refractivity contribution in [1.82, 2.24) is 19.7 Å². The molecule has 0 saturated heterocycles. The van der Waals surface area contributed by atoms with Crippen molar-refractivity contribution >= 4 is 35.2 Å². The molecule has 0 aliphatic carbocycles. The Morgan fingerprint density at radius 2 is 1.92 bits per heavy atom. The zero-order valence-corrected chi connectivity index (χ0v) is 15.8. The van der Waals surface area contributed by atoms with Crippen LogP contribution < -0.4 is 0 Å². The Bertz CT molecular complexity index is 746. The monoisotopic (exact) mass is 382 g/mol. The zero-order chi connectivity index (χ0) is 18.4. The van der Waals surface area contributed by atoms with Crippen LogP contribution in [0.15, 0.2) is 29.4 Å². The number of likely N-dealkylation sites (N-methyl/N-ethyl adjacent to an activating group) is 1. The third-order valence-electron chi connectivity index (χ3n) is 3.31. The van der Waals surface area contributed by atoms with Crippen LogP contribution in [-0.2, 0) is 20.9 Å². The van der Waals surface area contributed by atoms with Crippen molar-refractivity contribution in [3.63, 3.8) is 0 Å². The van der Waals surface area contributed by atoms with E-state index in [9.17, 15) is 9.59 Å². The lowest BCUT2D eigenvalue weighted by molar-refractivity contribution is -0.148. The molecule has 0 aliphatic rings. The molecule has 7 nitrogen and oxygen atoms in total. The van der Waals surface area contributed by atoms with Crippen molar-refractivity contribution in [2.75, 3.05) is 26.5 Å². The molecule has 0 aliphatic heterocycles. The molecule has 0 unspecified atom stereocenters. The predicted octanol–water partition coefficient (Wildman–Crippen LogP) is 2.34. The van der Waals surface area contributed by atoms with E-state index in [1.54, 1.807) is 26.2 Å². The molecule has 0 fully saturated rings. The van der Waals surface area contributed by atoms with E-state index < -0.39 is 5.97 Å². The van der Waals surface area contributed by atoms with Gasteiger partial charge in [0.2, 0.25) is 0 Å². The first-order valence-electron chi connectivity index (χ1n) is 7.60. The first-order chi connectivity index (χ1) is 11.9. The standard InChI is InChI=1S/C16H19ClN4O3S/c1-4-21-15(11-5-7-12(17)8-6-11)18-19-16(21)25-10-14(23)24-9-13(22)20(2)3/h5-8H,4,9-10H2,1-3H3. The van der Waals surface area contributed by atoms with Crippen LogP contribution in [0.4, 0.5) is 0 Å². The Hall–Kier alpha value is -2.06. The van der Waals surface area contributed by atoms with E-state index in [1.807, 2.05) is 23.6 Å². The Labute approximate surface area is 155 Å². The summed E-state index contributed by atoms with van der Waals surface area (Å²) in [5.74, 6) is 0.0243. The molecule has 1 aromatic carbocycles. The molecule has 0 N–H and O–H groups in total. The Kier molecular flexibility index (Phi) is 6.83. The molecule has 1 heterocycles. The van der Waals surface area contributed by atoms with Crippen LogP contribution in [0, 0.1) is 0 Å². The minimum absolute atomic E-state index is 0.0550. The van der Waals surface area contributed by atoms with E-state index in [-0.39, 0.29) is 18.3 Å². The topological polar surface area (TPSA) is 77.3 Å². The highest BCUT2D eigenvalue weighted by Crippen LogP contribution is 2.25. The summed E-state index contributed by atoms with van der Waals surface area (Å²) in [7, 11) is 3.21. The predicted molar refractivity (Wildman–Crippen MR) is 96.5 cm³/mol. The maximum Gasteiger partial charge on any atom is 0.316 e. The largest absolute Gasteiger partial charge is 0.455 e. The quantitative estimate of drug-likeness (QED) is 0.540. The molecule has 134 valence electrons. The van der Waals surface area contributed by atoms with Crippen molar-refractivity contribution in [2.45, 2.75) is 18.6 Å². The van der Waals surface area contributed by atoms with Crippen LogP contribution in [0.5, 0.6) is 0 Å². The van der Waals surface area contributed by atoms with Gasteiger partial charge in [0.25, 0.3) is 5.91 Å². The summed E-state index contributed by atoms with van der Waals surface area (Å²) in [6.07, 6.45) is 0. The van der Waals surface area contributed by atoms with Gasteiger partial charge in [-0.2, -0.15) is 0 Å². The Morgan fingerprint density at radius 3 is 2.52 bits per heavy atom. The first-order valence-corrected chi connectivity index (χ1v) is 8.96. The van der Waals surface area contributed by atoms with Gasteiger partial charge in [-0.3, -0.25) is 9.59 Å². The van der Waals surface area contributed by atoms with Gasteiger partial charge in [-0.1, -0.05) is 23.4 Å². The van der Waals surface area contributed by atoms with E-state index in [4.69, 9.17) is 16.3 Å². The molecule has 0 radical (unpaired) electrons. The molecular weight excluding hydrogens is 364 g/mol. The minimum Gasteiger partial charge on any atom is -0.455 e. The zero-order valence-electron chi connectivity index (χ0n) is 14.2. The van der Waals surface area contributed by atoms with Gasteiger partial charge < -0.3 is 14.2 Å². The fourth-order valence-electron chi connectivity index (χ4n) is 1.93. The van der Waals surface area contributed by atoms with Gasteiger partial charge in [-0.25, -0.2) is 0 Å². The number of esters is 1. The molecule has 2 rings (SSSR count). The summed E-state index contributed by atoms with van der Waals surface area (Å²) in [6, 6.07) is 7.32. The number of aromatic nitrogens is 3. The first kappa shape index (κ1) is 19.3. The van der Waals surface area contributed by atoms with E-state index in [1.165, 1.54) is 16.7 Å². The van der Waals surface area contributed by atoms with Crippen molar-refractivity contribution in [3.05, 3.63) is 29.3 Å². The summed E-state index contributed by atoms with van der Waals surface area (Å²) in [5.41, 5.74) is 0.893. The number of thioether (sulfide) groups is 1. The minimum atomic E-state index is -0.473.